The normalized spacial score (nSPS) is 15.7. The fraction of sp³-hybridized carbons (Fsp3) is 0.318. The quantitative estimate of drug-likeness (QED) is 0.700. The van der Waals surface area contributed by atoms with E-state index >= 15 is 0 Å². The number of hydrogen-bond donors (Lipinski definition) is 1. The second-order valence-corrected chi connectivity index (χ2v) is 9.28. The molecule has 1 aliphatic rings. The van der Waals surface area contributed by atoms with Crippen LogP contribution >= 0.6 is 0 Å². The molecule has 0 radical (unpaired) electrons. The molecule has 0 aliphatic carbocycles. The van der Waals surface area contributed by atoms with E-state index in [4.69, 9.17) is 0 Å². The lowest BCUT2D eigenvalue weighted by Crippen LogP contribution is -2.50. The van der Waals surface area contributed by atoms with Crippen LogP contribution in [0.5, 0.6) is 0 Å². The van der Waals surface area contributed by atoms with Gasteiger partial charge in [0.2, 0.25) is 10.0 Å². The number of carbonyl (C=O) groups excluding carboxylic acids is 1. The first kappa shape index (κ1) is 19.7. The summed E-state index contributed by atoms with van der Waals surface area (Å²) >= 11 is 0. The van der Waals surface area contributed by atoms with Gasteiger partial charge in [-0.25, -0.2) is 8.42 Å². The van der Waals surface area contributed by atoms with E-state index in [2.05, 4.69) is 11.9 Å². The fourth-order valence-corrected chi connectivity index (χ4v) is 5.24. The molecule has 1 aromatic heterocycles. The highest BCUT2D eigenvalue weighted by molar-refractivity contribution is 7.89. The number of nitrogens with zero attached hydrogens (tertiary/aromatic N) is 2. The zero-order valence-corrected chi connectivity index (χ0v) is 17.3. The highest BCUT2D eigenvalue weighted by Crippen LogP contribution is 2.22. The largest absolute Gasteiger partial charge is 0.360 e. The molecule has 0 atom stereocenters. The Kier molecular flexibility index (Phi) is 5.43. The molecule has 1 aliphatic heterocycles. The third-order valence-corrected chi connectivity index (χ3v) is 7.36. The van der Waals surface area contributed by atoms with Gasteiger partial charge in [-0.2, -0.15) is 4.31 Å². The molecule has 29 heavy (non-hydrogen) atoms. The first-order chi connectivity index (χ1) is 14.0. The second-order valence-electron chi connectivity index (χ2n) is 7.34. The number of benzene rings is 2. The molecule has 2 heterocycles. The van der Waals surface area contributed by atoms with Crippen LogP contribution in [-0.2, 0) is 16.4 Å². The van der Waals surface area contributed by atoms with E-state index in [0.29, 0.717) is 36.6 Å². The molecule has 7 heteroatoms. The van der Waals surface area contributed by atoms with Crippen molar-refractivity contribution in [2.24, 2.45) is 0 Å². The zero-order valence-electron chi connectivity index (χ0n) is 16.5. The Morgan fingerprint density at radius 2 is 1.69 bits per heavy atom. The Hall–Kier alpha value is -2.64. The SMILES string of the molecule is CCCc1ccc(S(=O)(=O)N2CCN(C(=O)c3c[nH]c4ccccc34)CC2)cc1. The van der Waals surface area contributed by atoms with Crippen LogP contribution in [0.15, 0.2) is 59.6 Å². The number of H-pyrrole nitrogens is 1. The minimum Gasteiger partial charge on any atom is -0.360 e. The van der Waals surface area contributed by atoms with Crippen LogP contribution in [0.3, 0.4) is 0 Å². The van der Waals surface area contributed by atoms with Gasteiger partial charge in [0.15, 0.2) is 0 Å². The number of para-hydroxylation sites is 1. The molecule has 1 saturated heterocycles. The molecule has 1 amide bonds. The maximum atomic E-state index is 13.0. The van der Waals surface area contributed by atoms with Crippen molar-refractivity contribution in [3.63, 3.8) is 0 Å². The first-order valence-electron chi connectivity index (χ1n) is 9.95. The van der Waals surface area contributed by atoms with Crippen molar-refractivity contribution in [1.82, 2.24) is 14.2 Å². The molecule has 3 aromatic rings. The zero-order chi connectivity index (χ0) is 20.4. The Balaban J connectivity index is 1.45. The van der Waals surface area contributed by atoms with Gasteiger partial charge in [0, 0.05) is 43.3 Å². The molecule has 1 N–H and O–H groups in total. The number of piperazine rings is 1. The Morgan fingerprint density at radius 1 is 1.00 bits per heavy atom. The van der Waals surface area contributed by atoms with Gasteiger partial charge < -0.3 is 9.88 Å². The number of nitrogens with one attached hydrogen (secondary N) is 1. The number of rotatable bonds is 5. The maximum Gasteiger partial charge on any atom is 0.256 e. The number of carbonyl (C=O) groups is 1. The van der Waals surface area contributed by atoms with Gasteiger partial charge in [-0.05, 0) is 30.2 Å². The predicted molar refractivity (Wildman–Crippen MR) is 113 cm³/mol. The molecule has 4 rings (SSSR count). The summed E-state index contributed by atoms with van der Waals surface area (Å²) in [5, 5.41) is 0.889. The van der Waals surface area contributed by atoms with E-state index in [1.807, 2.05) is 36.4 Å². The van der Waals surface area contributed by atoms with E-state index in [9.17, 15) is 13.2 Å². The maximum absolute atomic E-state index is 13.0. The van der Waals surface area contributed by atoms with E-state index < -0.39 is 10.0 Å². The molecule has 0 bridgehead atoms. The van der Waals surface area contributed by atoms with Gasteiger partial charge >= 0.3 is 0 Å². The number of aryl methyl sites for hydroxylation is 1. The third kappa shape index (κ3) is 3.80. The molecule has 2 aromatic carbocycles. The highest BCUT2D eigenvalue weighted by atomic mass is 32.2. The average Bonchev–Trinajstić information content (AvgIpc) is 3.18. The van der Waals surface area contributed by atoms with Gasteiger partial charge in [-0.15, -0.1) is 0 Å². The van der Waals surface area contributed by atoms with Gasteiger partial charge in [0.05, 0.1) is 10.5 Å². The summed E-state index contributed by atoms with van der Waals surface area (Å²) in [6.07, 6.45) is 3.70. The van der Waals surface area contributed by atoms with Crippen molar-refractivity contribution in [3.05, 3.63) is 65.9 Å². The Bertz CT molecular complexity index is 1110. The number of aromatic nitrogens is 1. The van der Waals surface area contributed by atoms with Crippen LogP contribution in [0.25, 0.3) is 10.9 Å². The van der Waals surface area contributed by atoms with Crippen molar-refractivity contribution >= 4 is 26.8 Å². The minimum atomic E-state index is -3.54. The van der Waals surface area contributed by atoms with E-state index in [0.717, 1.165) is 29.3 Å². The lowest BCUT2D eigenvalue weighted by atomic mass is 10.1. The number of aromatic amines is 1. The smallest absolute Gasteiger partial charge is 0.256 e. The van der Waals surface area contributed by atoms with Crippen LogP contribution in [0.2, 0.25) is 0 Å². The van der Waals surface area contributed by atoms with Crippen molar-refractivity contribution in [3.8, 4) is 0 Å². The van der Waals surface area contributed by atoms with E-state index in [-0.39, 0.29) is 5.91 Å². The molecular formula is C22H25N3O3S. The molecular weight excluding hydrogens is 386 g/mol. The molecule has 0 spiro atoms. The summed E-state index contributed by atoms with van der Waals surface area (Å²) in [5.41, 5.74) is 2.69. The average molecular weight is 412 g/mol. The molecule has 0 saturated carbocycles. The van der Waals surface area contributed by atoms with Crippen molar-refractivity contribution in [2.75, 3.05) is 26.2 Å². The van der Waals surface area contributed by atoms with Crippen LogP contribution in [0.1, 0.15) is 29.3 Å². The topological polar surface area (TPSA) is 73.5 Å². The van der Waals surface area contributed by atoms with Gasteiger partial charge in [-0.1, -0.05) is 43.7 Å². The van der Waals surface area contributed by atoms with E-state index in [1.165, 1.54) is 4.31 Å². The van der Waals surface area contributed by atoms with Gasteiger partial charge in [-0.3, -0.25) is 4.79 Å². The fourth-order valence-electron chi connectivity index (χ4n) is 3.82. The van der Waals surface area contributed by atoms with Crippen molar-refractivity contribution < 1.29 is 13.2 Å². The van der Waals surface area contributed by atoms with Crippen molar-refractivity contribution in [2.45, 2.75) is 24.7 Å². The second kappa shape index (κ2) is 8.00. The third-order valence-electron chi connectivity index (χ3n) is 5.45. The highest BCUT2D eigenvalue weighted by Gasteiger charge is 2.31. The number of hydrogen-bond acceptors (Lipinski definition) is 3. The number of sulfonamides is 1. The summed E-state index contributed by atoms with van der Waals surface area (Å²) in [4.78, 5) is 18.1. The van der Waals surface area contributed by atoms with Crippen LogP contribution in [-0.4, -0.2) is 54.7 Å². The van der Waals surface area contributed by atoms with Gasteiger partial charge in [0.1, 0.15) is 0 Å². The van der Waals surface area contributed by atoms with Crippen LogP contribution in [0.4, 0.5) is 0 Å². The van der Waals surface area contributed by atoms with E-state index in [1.54, 1.807) is 23.2 Å². The minimum absolute atomic E-state index is 0.0663. The molecule has 0 unspecified atom stereocenters. The molecule has 1 fully saturated rings. The molecule has 152 valence electrons. The van der Waals surface area contributed by atoms with Crippen molar-refractivity contribution in [1.29, 1.82) is 0 Å². The summed E-state index contributed by atoms with van der Waals surface area (Å²) < 4.78 is 27.4. The summed E-state index contributed by atoms with van der Waals surface area (Å²) in [5.74, 6) is -0.0663. The summed E-state index contributed by atoms with van der Waals surface area (Å²) in [6.45, 7) is 3.46. The lowest BCUT2D eigenvalue weighted by Gasteiger charge is -2.34. The standard InChI is InChI=1S/C22H25N3O3S/c1-2-5-17-8-10-18(11-9-17)29(27,28)25-14-12-24(13-15-25)22(26)20-16-23-21-7-4-3-6-19(20)21/h3-4,6-11,16,23H,2,5,12-15H2,1H3. The van der Waals surface area contributed by atoms with Crippen LogP contribution < -0.4 is 0 Å². The monoisotopic (exact) mass is 411 g/mol. The lowest BCUT2D eigenvalue weighted by molar-refractivity contribution is 0.0700. The van der Waals surface area contributed by atoms with Gasteiger partial charge in [0.25, 0.3) is 5.91 Å². The number of fused-ring (bicyclic) bond motifs is 1. The summed E-state index contributed by atoms with van der Waals surface area (Å²) in [6, 6.07) is 14.8. The number of amides is 1. The first-order valence-corrected chi connectivity index (χ1v) is 11.4. The Labute approximate surface area is 171 Å². The molecule has 6 nitrogen and oxygen atoms in total. The summed E-state index contributed by atoms with van der Waals surface area (Å²) in [7, 11) is -3.54. The predicted octanol–water partition coefficient (Wildman–Crippen LogP) is 3.27. The van der Waals surface area contributed by atoms with Crippen LogP contribution in [0, 0.1) is 0 Å². The Morgan fingerprint density at radius 3 is 2.38 bits per heavy atom.